The maximum Gasteiger partial charge on any atom is 0.225 e. The lowest BCUT2D eigenvalue weighted by atomic mass is 10.1. The minimum atomic E-state index is -0.266. The largest absolute Gasteiger partial charge is 0.478 e. The van der Waals surface area contributed by atoms with Gasteiger partial charge in [-0.1, -0.05) is 59.2 Å². The smallest absolute Gasteiger partial charge is 0.225 e. The number of ether oxygens (including phenoxy) is 2. The summed E-state index contributed by atoms with van der Waals surface area (Å²) in [6.07, 6.45) is 4.25. The van der Waals surface area contributed by atoms with Gasteiger partial charge in [0, 0.05) is 28.3 Å². The molecule has 0 N–H and O–H groups in total. The molecule has 2 aromatic heterocycles. The number of nitrogens with zero attached hydrogens (tertiary/aromatic N) is 3. The number of hydrogen-bond donors (Lipinski definition) is 0. The Morgan fingerprint density at radius 1 is 0.842 bits per heavy atom. The second-order valence-electron chi connectivity index (χ2n) is 8.46. The van der Waals surface area contributed by atoms with Crippen LogP contribution in [0.25, 0.3) is 21.3 Å². The number of allylic oxidation sites excluding steroid dienone is 1. The van der Waals surface area contributed by atoms with Gasteiger partial charge in [-0.3, -0.25) is 4.31 Å². The van der Waals surface area contributed by atoms with Crippen LogP contribution in [-0.4, -0.2) is 28.5 Å². The quantitative estimate of drug-likeness (QED) is 0.141. The Morgan fingerprint density at radius 2 is 1.58 bits per heavy atom. The summed E-state index contributed by atoms with van der Waals surface area (Å²) in [6, 6.07) is 27.2. The third-order valence-electron chi connectivity index (χ3n) is 5.98. The van der Waals surface area contributed by atoms with Gasteiger partial charge in [0.2, 0.25) is 11.8 Å². The molecule has 6 rings (SSSR count). The summed E-state index contributed by atoms with van der Waals surface area (Å²) in [7, 11) is -0.260. The highest BCUT2D eigenvalue weighted by Crippen LogP contribution is 2.42. The summed E-state index contributed by atoms with van der Waals surface area (Å²) in [5.74, 6) is 1.09. The molecule has 0 amide bonds. The summed E-state index contributed by atoms with van der Waals surface area (Å²) in [5, 5.41) is 5.05. The lowest BCUT2D eigenvalue weighted by molar-refractivity contribution is 0.182. The SMILES string of the molecule is Fc1ccc(-c2csc3ncnc(OCCCOC4=CC=S(c5ccccc5)N4c4ccccc4)c23)cc1. The average molecular weight is 542 g/mol. The van der Waals surface area contributed by atoms with Crippen molar-refractivity contribution in [1.29, 1.82) is 0 Å². The molecule has 3 heterocycles. The monoisotopic (exact) mass is 541 g/mol. The standard InChI is InChI=1S/C30H24FN3O2S2/c31-23-14-12-22(13-15-23)26-20-37-30-28(26)29(32-21-33-30)36-18-7-17-35-27-16-19-38(25-10-5-2-6-11-25)34(27)24-8-3-1-4-9-24/h1-6,8-16,19-21H,7,17-18H2. The van der Waals surface area contributed by atoms with Gasteiger partial charge in [-0.2, -0.15) is 0 Å². The molecule has 0 fully saturated rings. The molecule has 0 spiro atoms. The minimum absolute atomic E-state index is 0.260. The number of benzene rings is 3. The molecule has 1 aliphatic heterocycles. The van der Waals surface area contributed by atoms with E-state index in [1.165, 1.54) is 34.7 Å². The first-order chi connectivity index (χ1) is 18.8. The number of hydrogen-bond acceptors (Lipinski definition) is 6. The van der Waals surface area contributed by atoms with E-state index in [2.05, 4.69) is 62.1 Å². The summed E-state index contributed by atoms with van der Waals surface area (Å²) < 4.78 is 28.0. The summed E-state index contributed by atoms with van der Waals surface area (Å²) in [4.78, 5) is 10.8. The molecule has 1 atom stereocenters. The highest BCUT2D eigenvalue weighted by molar-refractivity contribution is 8.16. The van der Waals surface area contributed by atoms with Crippen LogP contribution in [0.3, 0.4) is 0 Å². The molecular formula is C30H24FN3O2S2. The second-order valence-corrected chi connectivity index (χ2v) is 11.1. The summed E-state index contributed by atoms with van der Waals surface area (Å²) in [5.41, 5.74) is 2.93. The van der Waals surface area contributed by atoms with Crippen molar-refractivity contribution >= 4 is 43.3 Å². The fourth-order valence-electron chi connectivity index (χ4n) is 4.21. The van der Waals surface area contributed by atoms with E-state index in [0.29, 0.717) is 25.5 Å². The van der Waals surface area contributed by atoms with Crippen LogP contribution < -0.4 is 9.04 Å². The van der Waals surface area contributed by atoms with Crippen molar-refractivity contribution in [2.75, 3.05) is 17.5 Å². The molecule has 0 bridgehead atoms. The molecule has 0 aliphatic carbocycles. The molecule has 3 aromatic carbocycles. The van der Waals surface area contributed by atoms with Gasteiger partial charge in [-0.15, -0.1) is 11.3 Å². The van der Waals surface area contributed by atoms with E-state index >= 15 is 0 Å². The Labute approximate surface area is 226 Å². The highest BCUT2D eigenvalue weighted by Gasteiger charge is 2.22. The minimum Gasteiger partial charge on any atom is -0.478 e. The van der Waals surface area contributed by atoms with Crippen molar-refractivity contribution < 1.29 is 13.9 Å². The average Bonchev–Trinajstić information content (AvgIpc) is 3.59. The molecule has 8 heteroatoms. The normalized spacial score (nSPS) is 14.8. The first-order valence-corrected chi connectivity index (χ1v) is 14.3. The summed E-state index contributed by atoms with van der Waals surface area (Å²) in [6.45, 7) is 0.940. The first-order valence-electron chi connectivity index (χ1n) is 12.2. The van der Waals surface area contributed by atoms with E-state index in [1.54, 1.807) is 12.1 Å². The van der Waals surface area contributed by atoms with Crippen molar-refractivity contribution in [3.8, 4) is 17.0 Å². The molecule has 1 unspecified atom stereocenters. The van der Waals surface area contributed by atoms with E-state index < -0.39 is 0 Å². The van der Waals surface area contributed by atoms with Crippen LogP contribution in [0.2, 0.25) is 0 Å². The fourth-order valence-corrected chi connectivity index (χ4v) is 6.94. The zero-order valence-electron chi connectivity index (χ0n) is 20.4. The van der Waals surface area contributed by atoms with Crippen molar-refractivity contribution in [3.63, 3.8) is 0 Å². The lowest BCUT2D eigenvalue weighted by Crippen LogP contribution is -2.16. The molecule has 0 saturated carbocycles. The van der Waals surface area contributed by atoms with Gasteiger partial charge in [-0.05, 0) is 47.3 Å². The predicted octanol–water partition coefficient (Wildman–Crippen LogP) is 7.69. The molecular weight excluding hydrogens is 517 g/mol. The Morgan fingerprint density at radius 3 is 2.37 bits per heavy atom. The second kappa shape index (κ2) is 11.2. The third-order valence-corrected chi connectivity index (χ3v) is 8.80. The van der Waals surface area contributed by atoms with E-state index in [-0.39, 0.29) is 16.5 Å². The Kier molecular flexibility index (Phi) is 7.15. The van der Waals surface area contributed by atoms with E-state index in [4.69, 9.17) is 9.47 Å². The number of halogens is 1. The van der Waals surface area contributed by atoms with E-state index in [0.717, 1.165) is 32.9 Å². The third kappa shape index (κ3) is 5.05. The number of para-hydroxylation sites is 1. The number of anilines is 1. The van der Waals surface area contributed by atoms with E-state index in [9.17, 15) is 4.39 Å². The van der Waals surface area contributed by atoms with Crippen LogP contribution >= 0.6 is 22.0 Å². The Balaban J connectivity index is 1.12. The van der Waals surface area contributed by atoms with Crippen LogP contribution in [0.5, 0.6) is 5.88 Å². The Hall–Kier alpha value is -4.01. The predicted molar refractivity (Wildman–Crippen MR) is 154 cm³/mol. The van der Waals surface area contributed by atoms with Gasteiger partial charge >= 0.3 is 0 Å². The van der Waals surface area contributed by atoms with Gasteiger partial charge < -0.3 is 9.47 Å². The molecule has 38 heavy (non-hydrogen) atoms. The maximum absolute atomic E-state index is 13.4. The molecule has 1 aliphatic rings. The van der Waals surface area contributed by atoms with Gasteiger partial charge in [0.25, 0.3) is 0 Å². The van der Waals surface area contributed by atoms with Crippen LogP contribution in [0.4, 0.5) is 10.1 Å². The maximum atomic E-state index is 13.4. The van der Waals surface area contributed by atoms with Gasteiger partial charge in [-0.25, -0.2) is 14.4 Å². The molecule has 190 valence electrons. The lowest BCUT2D eigenvalue weighted by Gasteiger charge is -2.26. The van der Waals surface area contributed by atoms with Crippen molar-refractivity contribution in [2.24, 2.45) is 0 Å². The van der Waals surface area contributed by atoms with Crippen molar-refractivity contribution in [2.45, 2.75) is 11.3 Å². The van der Waals surface area contributed by atoms with Gasteiger partial charge in [0.15, 0.2) is 0 Å². The molecule has 5 nitrogen and oxygen atoms in total. The zero-order valence-corrected chi connectivity index (χ0v) is 22.0. The number of rotatable bonds is 9. The number of aromatic nitrogens is 2. The van der Waals surface area contributed by atoms with Crippen molar-refractivity contribution in [1.82, 2.24) is 9.97 Å². The number of fused-ring (bicyclic) bond motifs is 1. The van der Waals surface area contributed by atoms with Crippen LogP contribution in [0, 0.1) is 5.82 Å². The van der Waals surface area contributed by atoms with Crippen molar-refractivity contribution in [3.05, 3.63) is 114 Å². The zero-order chi connectivity index (χ0) is 25.7. The number of thiophene rings is 1. The fraction of sp³-hybridized carbons (Fsp3) is 0.100. The van der Waals surface area contributed by atoms with Crippen LogP contribution in [0.1, 0.15) is 6.42 Å². The van der Waals surface area contributed by atoms with E-state index in [1.807, 2.05) is 29.6 Å². The topological polar surface area (TPSA) is 47.5 Å². The molecule has 0 radical (unpaired) electrons. The molecule has 5 aromatic rings. The van der Waals surface area contributed by atoms with Crippen LogP contribution in [0.15, 0.2) is 113 Å². The van der Waals surface area contributed by atoms with Gasteiger partial charge in [0.05, 0.1) is 24.3 Å². The Bertz CT molecular complexity index is 1600. The summed E-state index contributed by atoms with van der Waals surface area (Å²) >= 11 is 1.52. The first kappa shape index (κ1) is 24.3. The van der Waals surface area contributed by atoms with Gasteiger partial charge in [0.1, 0.15) is 17.0 Å². The van der Waals surface area contributed by atoms with Crippen LogP contribution in [-0.2, 0) is 4.74 Å². The molecule has 0 saturated heterocycles. The highest BCUT2D eigenvalue weighted by atomic mass is 32.2.